The molecule has 4 rings (SSSR count). The number of rotatable bonds is 6. The van der Waals surface area contributed by atoms with E-state index in [0.717, 1.165) is 52.8 Å². The summed E-state index contributed by atoms with van der Waals surface area (Å²) in [4.78, 5) is 52.9. The molecule has 1 saturated heterocycles. The topological polar surface area (TPSA) is 101 Å². The third-order valence-corrected chi connectivity index (χ3v) is 7.87. The number of hydrogen-bond donors (Lipinski definition) is 1. The van der Waals surface area contributed by atoms with Crippen LogP contribution in [0.25, 0.3) is 0 Å². The lowest BCUT2D eigenvalue weighted by Gasteiger charge is -2.16. The van der Waals surface area contributed by atoms with E-state index in [4.69, 9.17) is 4.74 Å². The number of thiophene rings is 1. The molecule has 1 aliphatic carbocycles. The Kier molecular flexibility index (Phi) is 6.15. The normalized spacial score (nSPS) is 18.2. The van der Waals surface area contributed by atoms with Crippen molar-refractivity contribution in [2.75, 3.05) is 11.5 Å². The molecule has 1 aromatic carbocycles. The number of carbonyl (C=O) groups excluding carboxylic acids is 3. The van der Waals surface area contributed by atoms with Crippen molar-refractivity contribution in [1.29, 1.82) is 0 Å². The molecular weight excluding hydrogens is 438 g/mol. The number of esters is 1. The van der Waals surface area contributed by atoms with Crippen molar-refractivity contribution < 1.29 is 29.0 Å². The van der Waals surface area contributed by atoms with Gasteiger partial charge >= 0.3 is 11.9 Å². The van der Waals surface area contributed by atoms with Gasteiger partial charge in [-0.05, 0) is 50.3 Å². The van der Waals surface area contributed by atoms with E-state index in [9.17, 15) is 24.3 Å². The van der Waals surface area contributed by atoms with Crippen LogP contribution in [0.4, 0.5) is 5.00 Å². The first-order valence-corrected chi connectivity index (χ1v) is 11.8. The summed E-state index contributed by atoms with van der Waals surface area (Å²) >= 11 is 2.39. The summed E-state index contributed by atoms with van der Waals surface area (Å²) in [6, 6.07) is 6.40. The van der Waals surface area contributed by atoms with E-state index in [1.165, 1.54) is 17.4 Å². The minimum Gasteiger partial charge on any atom is -0.478 e. The Balaban J connectivity index is 1.68. The van der Waals surface area contributed by atoms with Gasteiger partial charge in [0, 0.05) is 16.2 Å². The molecule has 0 saturated carbocycles. The third-order valence-electron chi connectivity index (χ3n) is 5.33. The molecule has 1 unspecified atom stereocenters. The highest BCUT2D eigenvalue weighted by Gasteiger charge is 2.44. The molecular formula is C22H21NO6S2. The molecule has 1 aromatic heterocycles. The fraction of sp³-hybridized carbons (Fsp3) is 0.364. The smallest absolute Gasteiger partial charge is 0.341 e. The summed E-state index contributed by atoms with van der Waals surface area (Å²) in [6.07, 6.45) is 3.43. The van der Waals surface area contributed by atoms with Crippen LogP contribution in [0.15, 0.2) is 29.2 Å². The maximum absolute atomic E-state index is 13.2. The number of anilines is 1. The number of fused-ring (bicyclic) bond motifs is 1. The average molecular weight is 460 g/mol. The van der Waals surface area contributed by atoms with E-state index in [1.807, 2.05) is 0 Å². The molecule has 7 nitrogen and oxygen atoms in total. The molecule has 162 valence electrons. The predicted octanol–water partition coefficient (Wildman–Crippen LogP) is 3.93. The number of carboxylic acids is 1. The summed E-state index contributed by atoms with van der Waals surface area (Å²) in [7, 11) is 0. The standard InChI is InChI=1S/C22H21NO6S2/c1-2-29-22(28)18-12-7-3-5-9-14(12)31-20(18)23-17(24)11-16(19(23)25)30-15-10-6-4-8-13(15)21(26)27/h4,6,8,10,16H,2-3,5,7,9,11H2,1H3,(H,26,27). The van der Waals surface area contributed by atoms with Crippen LogP contribution in [-0.2, 0) is 27.2 Å². The molecule has 0 radical (unpaired) electrons. The van der Waals surface area contributed by atoms with Crippen LogP contribution >= 0.6 is 23.1 Å². The molecule has 2 amide bonds. The highest BCUT2D eigenvalue weighted by molar-refractivity contribution is 8.00. The number of nitrogens with zero attached hydrogens (tertiary/aromatic N) is 1. The van der Waals surface area contributed by atoms with Gasteiger partial charge in [0.25, 0.3) is 0 Å². The van der Waals surface area contributed by atoms with E-state index in [-0.39, 0.29) is 24.5 Å². The number of imide groups is 1. The molecule has 1 fully saturated rings. The lowest BCUT2D eigenvalue weighted by Crippen LogP contribution is -2.32. The maximum Gasteiger partial charge on any atom is 0.341 e. The molecule has 0 spiro atoms. The minimum absolute atomic E-state index is 0.0533. The predicted molar refractivity (Wildman–Crippen MR) is 117 cm³/mol. The van der Waals surface area contributed by atoms with Crippen LogP contribution in [0, 0.1) is 0 Å². The van der Waals surface area contributed by atoms with Crippen molar-refractivity contribution in [2.45, 2.75) is 49.2 Å². The van der Waals surface area contributed by atoms with Crippen molar-refractivity contribution in [1.82, 2.24) is 0 Å². The van der Waals surface area contributed by atoms with E-state index < -0.39 is 23.1 Å². The van der Waals surface area contributed by atoms with Crippen molar-refractivity contribution in [3.05, 3.63) is 45.8 Å². The number of ether oxygens (including phenoxy) is 1. The summed E-state index contributed by atoms with van der Waals surface area (Å²) in [5, 5.41) is 9.00. The number of aromatic carboxylic acids is 1. The molecule has 0 bridgehead atoms. The van der Waals surface area contributed by atoms with Gasteiger partial charge in [-0.1, -0.05) is 12.1 Å². The largest absolute Gasteiger partial charge is 0.478 e. The zero-order valence-electron chi connectivity index (χ0n) is 16.9. The van der Waals surface area contributed by atoms with Gasteiger partial charge < -0.3 is 9.84 Å². The molecule has 2 aliphatic rings. The number of amides is 2. The van der Waals surface area contributed by atoms with Gasteiger partial charge in [0.2, 0.25) is 11.8 Å². The molecule has 31 heavy (non-hydrogen) atoms. The molecule has 2 aromatic rings. The number of aryl methyl sites for hydroxylation is 1. The van der Waals surface area contributed by atoms with Gasteiger partial charge in [0.1, 0.15) is 5.00 Å². The second-order valence-corrected chi connectivity index (χ2v) is 9.62. The van der Waals surface area contributed by atoms with Gasteiger partial charge in [0.15, 0.2) is 0 Å². The second-order valence-electron chi connectivity index (χ2n) is 7.29. The molecule has 9 heteroatoms. The SMILES string of the molecule is CCOC(=O)c1c(N2C(=O)CC(Sc3ccccc3C(=O)O)C2=O)sc2c1CCCC2. The summed E-state index contributed by atoms with van der Waals surface area (Å²) in [5.41, 5.74) is 1.31. The Bertz CT molecular complexity index is 1080. The number of thioether (sulfide) groups is 1. The van der Waals surface area contributed by atoms with E-state index in [1.54, 1.807) is 25.1 Å². The second kappa shape index (κ2) is 8.84. The summed E-state index contributed by atoms with van der Waals surface area (Å²) in [5.74, 6) is -2.42. The lowest BCUT2D eigenvalue weighted by atomic mass is 9.95. The van der Waals surface area contributed by atoms with Gasteiger partial charge in [-0.2, -0.15) is 0 Å². The summed E-state index contributed by atoms with van der Waals surface area (Å²) in [6.45, 7) is 1.92. The zero-order chi connectivity index (χ0) is 22.1. The van der Waals surface area contributed by atoms with Crippen LogP contribution in [0.5, 0.6) is 0 Å². The highest BCUT2D eigenvalue weighted by atomic mass is 32.2. The first-order valence-electron chi connectivity index (χ1n) is 10.1. The Hall–Kier alpha value is -2.65. The molecule has 1 N–H and O–H groups in total. The van der Waals surface area contributed by atoms with Crippen LogP contribution in [0.2, 0.25) is 0 Å². The lowest BCUT2D eigenvalue weighted by molar-refractivity contribution is -0.121. The van der Waals surface area contributed by atoms with E-state index in [2.05, 4.69) is 0 Å². The molecule has 1 aliphatic heterocycles. The van der Waals surface area contributed by atoms with Gasteiger partial charge in [-0.25, -0.2) is 14.5 Å². The van der Waals surface area contributed by atoms with Crippen molar-refractivity contribution >= 4 is 51.9 Å². The quantitative estimate of drug-likeness (QED) is 0.516. The Morgan fingerprint density at radius 3 is 2.71 bits per heavy atom. The fourth-order valence-electron chi connectivity index (χ4n) is 3.93. The number of benzene rings is 1. The van der Waals surface area contributed by atoms with Gasteiger partial charge in [0.05, 0.1) is 23.0 Å². The van der Waals surface area contributed by atoms with Crippen LogP contribution < -0.4 is 4.90 Å². The van der Waals surface area contributed by atoms with Crippen molar-refractivity contribution in [3.63, 3.8) is 0 Å². The van der Waals surface area contributed by atoms with Gasteiger partial charge in [-0.15, -0.1) is 23.1 Å². The van der Waals surface area contributed by atoms with Crippen molar-refractivity contribution in [2.24, 2.45) is 0 Å². The molecule has 1 atom stereocenters. The van der Waals surface area contributed by atoms with Crippen LogP contribution in [0.1, 0.15) is 57.3 Å². The Morgan fingerprint density at radius 2 is 1.97 bits per heavy atom. The fourth-order valence-corrected chi connectivity index (χ4v) is 6.51. The van der Waals surface area contributed by atoms with Gasteiger partial charge in [-0.3, -0.25) is 9.59 Å². The van der Waals surface area contributed by atoms with Crippen LogP contribution in [-0.4, -0.2) is 40.7 Å². The van der Waals surface area contributed by atoms with E-state index >= 15 is 0 Å². The Morgan fingerprint density at radius 1 is 1.23 bits per heavy atom. The first kappa shape index (κ1) is 21.6. The molecule has 2 heterocycles. The van der Waals surface area contributed by atoms with E-state index in [0.29, 0.717) is 15.5 Å². The highest BCUT2D eigenvalue weighted by Crippen LogP contribution is 2.44. The van der Waals surface area contributed by atoms with Crippen LogP contribution in [0.3, 0.4) is 0 Å². The monoisotopic (exact) mass is 459 g/mol. The third kappa shape index (κ3) is 3.99. The minimum atomic E-state index is -1.09. The van der Waals surface area contributed by atoms with Crippen molar-refractivity contribution in [3.8, 4) is 0 Å². The number of carboxylic acid groups (broad SMARTS) is 1. The number of carbonyl (C=O) groups is 4. The Labute approximate surface area is 187 Å². The maximum atomic E-state index is 13.2. The zero-order valence-corrected chi connectivity index (χ0v) is 18.5. The first-order chi connectivity index (χ1) is 14.9. The average Bonchev–Trinajstić information content (AvgIpc) is 3.25. The number of hydrogen-bond acceptors (Lipinski definition) is 7. The summed E-state index contributed by atoms with van der Waals surface area (Å²) < 4.78 is 5.24.